The van der Waals surface area contributed by atoms with Crippen LogP contribution in [0.15, 0.2) is 12.2 Å². The Bertz CT molecular complexity index is 423. The molecule has 1 rings (SSSR count). The minimum absolute atomic E-state index is 0.135. The van der Waals surface area contributed by atoms with Crippen LogP contribution in [0.3, 0.4) is 0 Å². The normalized spacial score (nSPS) is 21.9. The van der Waals surface area contributed by atoms with Gasteiger partial charge in [0.1, 0.15) is 6.61 Å². The second kappa shape index (κ2) is 15.9. The van der Waals surface area contributed by atoms with Crippen molar-refractivity contribution >= 4 is 5.97 Å². The summed E-state index contributed by atoms with van der Waals surface area (Å²) in [5.74, 6) is -0.291. The summed E-state index contributed by atoms with van der Waals surface area (Å²) in [6.45, 7) is 3.90. The van der Waals surface area contributed by atoms with Gasteiger partial charge in [0.2, 0.25) is 0 Å². The van der Waals surface area contributed by atoms with Crippen molar-refractivity contribution in [2.24, 2.45) is 0 Å². The van der Waals surface area contributed by atoms with Crippen LogP contribution in [0.5, 0.6) is 0 Å². The van der Waals surface area contributed by atoms with Gasteiger partial charge in [0.15, 0.2) is 0 Å². The van der Waals surface area contributed by atoms with Gasteiger partial charge in [-0.15, -0.1) is 0 Å². The Morgan fingerprint density at radius 2 is 1.54 bits per heavy atom. The Balaban J connectivity index is 2.08. The topological polar surface area (TPSA) is 76.0 Å². The second-order valence-corrected chi connectivity index (χ2v) is 8.04. The van der Waals surface area contributed by atoms with Gasteiger partial charge in [0, 0.05) is 6.92 Å². The summed E-state index contributed by atoms with van der Waals surface area (Å²) in [5, 5.41) is 20.7. The zero-order chi connectivity index (χ0) is 20.6. The number of carbonyl (C=O) groups is 1. The molecule has 1 aliphatic rings. The van der Waals surface area contributed by atoms with Gasteiger partial charge in [0.25, 0.3) is 0 Å². The number of carbonyl (C=O) groups excluding carboxylic acids is 1. The molecule has 0 aromatic rings. The van der Waals surface area contributed by atoms with E-state index in [2.05, 4.69) is 6.92 Å². The summed E-state index contributed by atoms with van der Waals surface area (Å²) < 4.78 is 10.7. The van der Waals surface area contributed by atoms with Crippen molar-refractivity contribution < 1.29 is 24.5 Å². The van der Waals surface area contributed by atoms with Gasteiger partial charge in [-0.2, -0.15) is 0 Å². The third kappa shape index (κ3) is 11.8. The number of aliphatic hydroxyl groups excluding tert-OH is 2. The maximum Gasteiger partial charge on any atom is 0.302 e. The lowest BCUT2D eigenvalue weighted by Gasteiger charge is -2.22. The molecule has 0 spiro atoms. The second-order valence-electron chi connectivity index (χ2n) is 8.04. The number of esters is 1. The highest BCUT2D eigenvalue weighted by atomic mass is 16.5. The van der Waals surface area contributed by atoms with E-state index in [4.69, 9.17) is 9.47 Å². The average Bonchev–Trinajstić information content (AvgIpc) is 3.16. The van der Waals surface area contributed by atoms with Gasteiger partial charge < -0.3 is 19.7 Å². The summed E-state index contributed by atoms with van der Waals surface area (Å²) in [5.41, 5.74) is 0. The standard InChI is InChI=1S/C23H42O5/c1-3-4-5-6-7-8-9-11-14-20(25)22-16-17-23(28-22)21(26)15-12-10-13-18-27-19(2)24/h10,13,20-23,25-26H,3-9,11-12,14-18H2,1-2H3/b13-10+/t20-,21+,22-,23+/m1/s1. The molecular formula is C23H42O5. The first-order chi connectivity index (χ1) is 13.5. The quantitative estimate of drug-likeness (QED) is 0.224. The van der Waals surface area contributed by atoms with E-state index in [1.807, 2.05) is 6.08 Å². The molecule has 1 saturated heterocycles. The SMILES string of the molecule is CCCCCCCCCC[C@@H](O)[C@H]1CC[C@@H]([C@@H](O)CC/C=C/COC(C)=O)O1. The highest BCUT2D eigenvalue weighted by Crippen LogP contribution is 2.28. The van der Waals surface area contributed by atoms with Gasteiger partial charge in [-0.3, -0.25) is 4.79 Å². The molecule has 5 nitrogen and oxygen atoms in total. The van der Waals surface area contributed by atoms with Crippen molar-refractivity contribution in [1.82, 2.24) is 0 Å². The van der Waals surface area contributed by atoms with Crippen LogP contribution in [0.25, 0.3) is 0 Å². The lowest BCUT2D eigenvalue weighted by Crippen LogP contribution is -2.31. The molecule has 1 fully saturated rings. The van der Waals surface area contributed by atoms with E-state index in [-0.39, 0.29) is 24.8 Å². The predicted molar refractivity (Wildman–Crippen MR) is 112 cm³/mol. The van der Waals surface area contributed by atoms with Gasteiger partial charge in [-0.25, -0.2) is 0 Å². The van der Waals surface area contributed by atoms with Crippen LogP contribution in [0.2, 0.25) is 0 Å². The van der Waals surface area contributed by atoms with Crippen molar-refractivity contribution in [3.63, 3.8) is 0 Å². The lowest BCUT2D eigenvalue weighted by molar-refractivity contribution is -0.139. The van der Waals surface area contributed by atoms with Gasteiger partial charge in [0.05, 0.1) is 24.4 Å². The molecule has 1 aliphatic heterocycles. The van der Waals surface area contributed by atoms with Crippen molar-refractivity contribution in [3.05, 3.63) is 12.2 Å². The Kier molecular flexibility index (Phi) is 14.3. The fourth-order valence-corrected chi connectivity index (χ4v) is 3.73. The highest BCUT2D eigenvalue weighted by molar-refractivity contribution is 5.65. The molecule has 0 aliphatic carbocycles. The van der Waals surface area contributed by atoms with E-state index in [1.165, 1.54) is 51.9 Å². The molecule has 0 amide bonds. The molecule has 0 aromatic carbocycles. The average molecular weight is 399 g/mol. The monoisotopic (exact) mass is 398 g/mol. The van der Waals surface area contributed by atoms with Crippen LogP contribution in [0, 0.1) is 0 Å². The smallest absolute Gasteiger partial charge is 0.302 e. The van der Waals surface area contributed by atoms with Crippen LogP contribution in [-0.2, 0) is 14.3 Å². The molecule has 0 bridgehead atoms. The number of rotatable bonds is 16. The lowest BCUT2D eigenvalue weighted by atomic mass is 10.0. The summed E-state index contributed by atoms with van der Waals surface area (Å²) in [7, 11) is 0. The fourth-order valence-electron chi connectivity index (χ4n) is 3.73. The molecule has 0 unspecified atom stereocenters. The maximum absolute atomic E-state index is 10.7. The van der Waals surface area contributed by atoms with Crippen LogP contribution in [0.1, 0.15) is 97.3 Å². The van der Waals surface area contributed by atoms with Crippen molar-refractivity contribution in [1.29, 1.82) is 0 Å². The number of ether oxygens (including phenoxy) is 2. The molecule has 164 valence electrons. The largest absolute Gasteiger partial charge is 0.462 e. The maximum atomic E-state index is 10.7. The van der Waals surface area contributed by atoms with Crippen molar-refractivity contribution in [3.8, 4) is 0 Å². The summed E-state index contributed by atoms with van der Waals surface area (Å²) in [6.07, 6.45) is 16.3. The van der Waals surface area contributed by atoms with Crippen LogP contribution in [0.4, 0.5) is 0 Å². The zero-order valence-electron chi connectivity index (χ0n) is 18.0. The Morgan fingerprint density at radius 3 is 2.14 bits per heavy atom. The molecule has 4 atom stereocenters. The highest BCUT2D eigenvalue weighted by Gasteiger charge is 2.33. The van der Waals surface area contributed by atoms with E-state index < -0.39 is 12.2 Å². The van der Waals surface area contributed by atoms with E-state index in [0.717, 1.165) is 25.7 Å². The van der Waals surface area contributed by atoms with Crippen LogP contribution >= 0.6 is 0 Å². The van der Waals surface area contributed by atoms with Gasteiger partial charge in [-0.05, 0) is 32.1 Å². The molecule has 0 aromatic heterocycles. The summed E-state index contributed by atoms with van der Waals surface area (Å²) in [6, 6.07) is 0. The fraction of sp³-hybridized carbons (Fsp3) is 0.870. The third-order valence-corrected chi connectivity index (χ3v) is 5.48. The first-order valence-corrected chi connectivity index (χ1v) is 11.3. The van der Waals surface area contributed by atoms with E-state index >= 15 is 0 Å². The number of aliphatic hydroxyl groups is 2. The number of hydrogen-bond donors (Lipinski definition) is 2. The van der Waals surface area contributed by atoms with Crippen molar-refractivity contribution in [2.75, 3.05) is 6.61 Å². The first-order valence-electron chi connectivity index (χ1n) is 11.3. The third-order valence-electron chi connectivity index (χ3n) is 5.48. The molecule has 5 heteroatoms. The first kappa shape index (κ1) is 25.1. The molecule has 28 heavy (non-hydrogen) atoms. The molecule has 1 heterocycles. The van der Waals surface area contributed by atoms with E-state index in [1.54, 1.807) is 6.08 Å². The molecular weight excluding hydrogens is 356 g/mol. The van der Waals surface area contributed by atoms with Crippen LogP contribution in [-0.4, -0.2) is 47.2 Å². The Labute approximate surface area is 171 Å². The molecule has 0 saturated carbocycles. The van der Waals surface area contributed by atoms with Gasteiger partial charge >= 0.3 is 5.97 Å². The zero-order valence-corrected chi connectivity index (χ0v) is 18.0. The van der Waals surface area contributed by atoms with E-state index in [9.17, 15) is 15.0 Å². The van der Waals surface area contributed by atoms with E-state index in [0.29, 0.717) is 12.8 Å². The van der Waals surface area contributed by atoms with Gasteiger partial charge in [-0.1, -0.05) is 70.4 Å². The molecule has 0 radical (unpaired) electrons. The number of unbranched alkanes of at least 4 members (excludes halogenated alkanes) is 7. The Morgan fingerprint density at radius 1 is 0.964 bits per heavy atom. The minimum atomic E-state index is -0.515. The Hall–Kier alpha value is -0.910. The minimum Gasteiger partial charge on any atom is -0.462 e. The summed E-state index contributed by atoms with van der Waals surface area (Å²) >= 11 is 0. The number of hydrogen-bond acceptors (Lipinski definition) is 5. The molecule has 2 N–H and O–H groups in total. The summed E-state index contributed by atoms with van der Waals surface area (Å²) in [4.78, 5) is 10.7. The van der Waals surface area contributed by atoms with Crippen molar-refractivity contribution in [2.45, 2.75) is 122 Å². The predicted octanol–water partition coefficient (Wildman–Crippen LogP) is 4.69. The number of allylic oxidation sites excluding steroid dienone is 1. The van der Waals surface area contributed by atoms with Crippen LogP contribution < -0.4 is 0 Å².